The largest absolute Gasteiger partial charge is 0.364 e. The van der Waals surface area contributed by atoms with E-state index in [-0.39, 0.29) is 12.7 Å². The molecule has 6 heteroatoms. The Labute approximate surface area is 120 Å². The highest BCUT2D eigenvalue weighted by molar-refractivity contribution is 4.82. The minimum absolute atomic E-state index is 0.258. The Bertz CT molecular complexity index is 381. The first-order valence-electron chi connectivity index (χ1n) is 6.61. The maximum absolute atomic E-state index is 8.75. The Kier molecular flexibility index (Phi) is 10.3. The molecule has 0 fully saturated rings. The zero-order valence-corrected chi connectivity index (χ0v) is 12.2. The van der Waals surface area contributed by atoms with Crippen molar-refractivity contribution in [2.45, 2.75) is 58.0 Å². The number of ether oxygens (including phenoxy) is 3. The van der Waals surface area contributed by atoms with E-state index in [0.717, 1.165) is 0 Å². The van der Waals surface area contributed by atoms with Crippen molar-refractivity contribution in [3.8, 4) is 18.2 Å². The third-order valence-corrected chi connectivity index (χ3v) is 2.51. The van der Waals surface area contributed by atoms with Crippen molar-refractivity contribution in [2.24, 2.45) is 0 Å². The van der Waals surface area contributed by atoms with E-state index in [1.807, 2.05) is 18.2 Å². The molecule has 0 aromatic carbocycles. The molecule has 0 aliphatic rings. The number of hydrogen-bond acceptors (Lipinski definition) is 6. The Morgan fingerprint density at radius 1 is 0.850 bits per heavy atom. The number of nitriles is 3. The third-order valence-electron chi connectivity index (χ3n) is 2.51. The molecular formula is C14H21N3O3. The lowest BCUT2D eigenvalue weighted by atomic mass is 10.2. The van der Waals surface area contributed by atoms with E-state index in [1.165, 1.54) is 0 Å². The van der Waals surface area contributed by atoms with Crippen molar-refractivity contribution >= 4 is 0 Å². The van der Waals surface area contributed by atoms with Crippen molar-refractivity contribution in [3.63, 3.8) is 0 Å². The second-order valence-electron chi connectivity index (χ2n) is 4.42. The van der Waals surface area contributed by atoms with Crippen molar-refractivity contribution in [1.82, 2.24) is 0 Å². The van der Waals surface area contributed by atoms with Crippen LogP contribution in [0.25, 0.3) is 0 Å². The summed E-state index contributed by atoms with van der Waals surface area (Å²) >= 11 is 0. The molecule has 0 saturated heterocycles. The second-order valence-corrected chi connectivity index (χ2v) is 4.42. The predicted octanol–water partition coefficient (Wildman–Crippen LogP) is 1.92. The molecule has 0 amide bonds. The Morgan fingerprint density at radius 3 is 1.95 bits per heavy atom. The molecule has 0 aromatic rings. The summed E-state index contributed by atoms with van der Waals surface area (Å²) in [5, 5.41) is 26.0. The van der Waals surface area contributed by atoms with Crippen LogP contribution in [-0.4, -0.2) is 37.6 Å². The zero-order chi connectivity index (χ0) is 15.4. The summed E-state index contributed by atoms with van der Waals surface area (Å²) in [6.45, 7) is 5.71. The molecule has 6 nitrogen and oxygen atoms in total. The smallest absolute Gasteiger partial charge is 0.141 e. The van der Waals surface area contributed by atoms with Crippen molar-refractivity contribution in [1.29, 1.82) is 15.8 Å². The monoisotopic (exact) mass is 279 g/mol. The lowest BCUT2D eigenvalue weighted by Gasteiger charge is -2.20. The molecule has 4 unspecified atom stereocenters. The Morgan fingerprint density at radius 2 is 1.40 bits per heavy atom. The maximum atomic E-state index is 8.75. The summed E-state index contributed by atoms with van der Waals surface area (Å²) < 4.78 is 16.1. The molecule has 0 aromatic heterocycles. The van der Waals surface area contributed by atoms with Crippen LogP contribution in [-0.2, 0) is 14.2 Å². The standard InChI is InChI=1S/C14H21N3O3/c1-11(7-15)18-6-4-5-14(20-13(3)9-17)10-19-12(2)8-16/h11-14H,4-6,10H2,1-3H3. The van der Waals surface area contributed by atoms with Gasteiger partial charge in [0.2, 0.25) is 0 Å². The van der Waals surface area contributed by atoms with Gasteiger partial charge in [0.25, 0.3) is 0 Å². The van der Waals surface area contributed by atoms with Gasteiger partial charge < -0.3 is 14.2 Å². The van der Waals surface area contributed by atoms with E-state index >= 15 is 0 Å². The van der Waals surface area contributed by atoms with Gasteiger partial charge in [-0.15, -0.1) is 0 Å². The van der Waals surface area contributed by atoms with Crippen LogP contribution in [0.3, 0.4) is 0 Å². The minimum atomic E-state index is -0.528. The summed E-state index contributed by atoms with van der Waals surface area (Å²) in [6, 6.07) is 5.96. The van der Waals surface area contributed by atoms with Crippen molar-refractivity contribution in [3.05, 3.63) is 0 Å². The molecule has 0 bridgehead atoms. The van der Waals surface area contributed by atoms with Gasteiger partial charge in [0, 0.05) is 6.61 Å². The highest BCUT2D eigenvalue weighted by atomic mass is 16.5. The lowest BCUT2D eigenvalue weighted by Crippen LogP contribution is -2.26. The minimum Gasteiger partial charge on any atom is -0.364 e. The average molecular weight is 279 g/mol. The van der Waals surface area contributed by atoms with Gasteiger partial charge >= 0.3 is 0 Å². The number of rotatable bonds is 10. The molecule has 0 N–H and O–H groups in total. The van der Waals surface area contributed by atoms with Gasteiger partial charge in [0.1, 0.15) is 18.3 Å². The zero-order valence-electron chi connectivity index (χ0n) is 12.2. The highest BCUT2D eigenvalue weighted by Crippen LogP contribution is 2.08. The molecule has 0 radical (unpaired) electrons. The van der Waals surface area contributed by atoms with Gasteiger partial charge in [-0.05, 0) is 33.6 Å². The molecule has 0 aliphatic carbocycles. The molecule has 20 heavy (non-hydrogen) atoms. The van der Waals surface area contributed by atoms with Crippen LogP contribution in [0.4, 0.5) is 0 Å². The van der Waals surface area contributed by atoms with Gasteiger partial charge in [-0.3, -0.25) is 0 Å². The first-order valence-corrected chi connectivity index (χ1v) is 6.61. The fraction of sp³-hybridized carbons (Fsp3) is 0.786. The predicted molar refractivity (Wildman–Crippen MR) is 71.2 cm³/mol. The molecule has 0 saturated carbocycles. The third kappa shape index (κ3) is 9.30. The second kappa shape index (κ2) is 11.2. The number of hydrogen-bond donors (Lipinski definition) is 0. The summed E-state index contributed by atoms with van der Waals surface area (Å²) in [5.41, 5.74) is 0. The Hall–Kier alpha value is -1.65. The average Bonchev–Trinajstić information content (AvgIpc) is 2.47. The van der Waals surface area contributed by atoms with Crippen LogP contribution >= 0.6 is 0 Å². The van der Waals surface area contributed by atoms with Crippen molar-refractivity contribution < 1.29 is 14.2 Å². The molecule has 0 spiro atoms. The van der Waals surface area contributed by atoms with E-state index in [1.54, 1.807) is 20.8 Å². The SMILES string of the molecule is CC(C#N)OCCCC(COC(C)C#N)OC(C)C#N. The summed E-state index contributed by atoms with van der Waals surface area (Å²) in [6.07, 6.45) is -0.390. The van der Waals surface area contributed by atoms with Gasteiger partial charge in [0.15, 0.2) is 0 Å². The van der Waals surface area contributed by atoms with Crippen LogP contribution in [0.5, 0.6) is 0 Å². The van der Waals surface area contributed by atoms with E-state index in [2.05, 4.69) is 0 Å². The first kappa shape index (κ1) is 18.4. The van der Waals surface area contributed by atoms with E-state index in [9.17, 15) is 0 Å². The molecule has 0 heterocycles. The number of nitrogens with zero attached hydrogens (tertiary/aromatic N) is 3. The Balaban J connectivity index is 4.09. The van der Waals surface area contributed by atoms with Gasteiger partial charge in [-0.2, -0.15) is 15.8 Å². The topological polar surface area (TPSA) is 99.1 Å². The van der Waals surface area contributed by atoms with Gasteiger partial charge in [-0.1, -0.05) is 0 Å². The highest BCUT2D eigenvalue weighted by Gasteiger charge is 2.15. The molecule has 0 aliphatic heterocycles. The summed E-state index contributed by atoms with van der Waals surface area (Å²) in [7, 11) is 0. The quantitative estimate of drug-likeness (QED) is 0.566. The van der Waals surface area contributed by atoms with E-state index in [0.29, 0.717) is 19.4 Å². The van der Waals surface area contributed by atoms with Crippen LogP contribution in [0, 0.1) is 34.0 Å². The lowest BCUT2D eigenvalue weighted by molar-refractivity contribution is -0.0489. The molecule has 4 atom stereocenters. The van der Waals surface area contributed by atoms with Gasteiger partial charge in [-0.25, -0.2) is 0 Å². The van der Waals surface area contributed by atoms with E-state index in [4.69, 9.17) is 30.0 Å². The van der Waals surface area contributed by atoms with Crippen LogP contribution in [0.2, 0.25) is 0 Å². The fourth-order valence-electron chi connectivity index (χ4n) is 1.41. The van der Waals surface area contributed by atoms with Gasteiger partial charge in [0.05, 0.1) is 30.9 Å². The molecule has 0 rings (SSSR count). The van der Waals surface area contributed by atoms with Crippen molar-refractivity contribution in [2.75, 3.05) is 13.2 Å². The summed E-state index contributed by atoms with van der Waals surface area (Å²) in [4.78, 5) is 0. The first-order chi connectivity index (χ1) is 9.53. The molecule has 110 valence electrons. The maximum Gasteiger partial charge on any atom is 0.141 e. The molecular weight excluding hydrogens is 258 g/mol. The fourth-order valence-corrected chi connectivity index (χ4v) is 1.41. The van der Waals surface area contributed by atoms with Crippen LogP contribution in [0.1, 0.15) is 33.6 Å². The van der Waals surface area contributed by atoms with Crippen LogP contribution in [0.15, 0.2) is 0 Å². The summed E-state index contributed by atoms with van der Waals surface area (Å²) in [5.74, 6) is 0. The normalized spacial score (nSPS) is 16.2. The van der Waals surface area contributed by atoms with Crippen LogP contribution < -0.4 is 0 Å². The van der Waals surface area contributed by atoms with E-state index < -0.39 is 18.3 Å².